The number of amides is 1. The Hall–Kier alpha value is -3.29. The first kappa shape index (κ1) is 21.9. The van der Waals surface area contributed by atoms with Crippen molar-refractivity contribution in [2.24, 2.45) is 0 Å². The van der Waals surface area contributed by atoms with Gasteiger partial charge in [0.2, 0.25) is 9.84 Å². The zero-order valence-electron chi connectivity index (χ0n) is 17.1. The number of carbonyl (C=O) groups excluding carboxylic acids is 1. The van der Waals surface area contributed by atoms with Crippen molar-refractivity contribution in [2.45, 2.75) is 17.5 Å². The molecular weight excluding hydrogens is 450 g/mol. The molecular formula is C24H20ClNO5S. The van der Waals surface area contributed by atoms with Crippen LogP contribution in [0.25, 0.3) is 0 Å². The SMILES string of the molecule is COc1ccc(CN2C(=O)C(O)=C(S(=O)(=O)c3ccccc3)[C@@H]2c2ccc(Cl)cc2)cc1. The predicted octanol–water partition coefficient (Wildman–Crippen LogP) is 4.68. The second-order valence-corrected chi connectivity index (χ2v) is 9.62. The number of benzene rings is 3. The monoisotopic (exact) mass is 469 g/mol. The third-order valence-corrected chi connectivity index (χ3v) is 7.44. The van der Waals surface area contributed by atoms with Gasteiger partial charge in [0.25, 0.3) is 5.91 Å². The predicted molar refractivity (Wildman–Crippen MR) is 121 cm³/mol. The Morgan fingerprint density at radius 1 is 0.969 bits per heavy atom. The van der Waals surface area contributed by atoms with Crippen LogP contribution in [-0.4, -0.2) is 31.4 Å². The van der Waals surface area contributed by atoms with E-state index in [1.165, 1.54) is 17.0 Å². The lowest BCUT2D eigenvalue weighted by Gasteiger charge is -2.27. The maximum atomic E-state index is 13.5. The molecule has 32 heavy (non-hydrogen) atoms. The lowest BCUT2D eigenvalue weighted by molar-refractivity contribution is -0.130. The van der Waals surface area contributed by atoms with Crippen molar-refractivity contribution in [3.05, 3.63) is 106 Å². The van der Waals surface area contributed by atoms with Gasteiger partial charge >= 0.3 is 0 Å². The number of ether oxygens (including phenoxy) is 1. The topological polar surface area (TPSA) is 83.9 Å². The van der Waals surface area contributed by atoms with E-state index < -0.39 is 27.5 Å². The minimum atomic E-state index is -4.15. The fourth-order valence-corrected chi connectivity index (χ4v) is 5.49. The molecule has 164 valence electrons. The summed E-state index contributed by atoms with van der Waals surface area (Å²) in [5.41, 5.74) is 1.28. The average molecular weight is 470 g/mol. The molecule has 3 aromatic rings. The highest BCUT2D eigenvalue weighted by Gasteiger charge is 2.46. The number of carbonyl (C=O) groups is 1. The zero-order valence-corrected chi connectivity index (χ0v) is 18.7. The summed E-state index contributed by atoms with van der Waals surface area (Å²) in [6.45, 7) is 0.0913. The molecule has 0 radical (unpaired) electrons. The molecule has 1 aliphatic rings. The summed E-state index contributed by atoms with van der Waals surface area (Å²) in [5.74, 6) is -0.873. The van der Waals surface area contributed by atoms with Crippen LogP contribution in [0, 0.1) is 0 Å². The summed E-state index contributed by atoms with van der Waals surface area (Å²) in [6.07, 6.45) is 0. The molecule has 0 spiro atoms. The third kappa shape index (κ3) is 3.97. The van der Waals surface area contributed by atoms with Crippen molar-refractivity contribution in [3.63, 3.8) is 0 Å². The number of aliphatic hydroxyl groups is 1. The number of rotatable bonds is 6. The first-order chi connectivity index (χ1) is 15.3. The number of hydrogen-bond donors (Lipinski definition) is 1. The normalized spacial score (nSPS) is 16.5. The summed E-state index contributed by atoms with van der Waals surface area (Å²) in [5, 5.41) is 11.2. The van der Waals surface area contributed by atoms with Crippen LogP contribution in [-0.2, 0) is 21.2 Å². The zero-order chi connectivity index (χ0) is 22.9. The quantitative estimate of drug-likeness (QED) is 0.567. The largest absolute Gasteiger partial charge is 0.502 e. The lowest BCUT2D eigenvalue weighted by Crippen LogP contribution is -2.30. The van der Waals surface area contributed by atoms with E-state index >= 15 is 0 Å². The highest BCUT2D eigenvalue weighted by molar-refractivity contribution is 7.95. The van der Waals surface area contributed by atoms with Crippen LogP contribution in [0.3, 0.4) is 0 Å². The first-order valence-corrected chi connectivity index (χ1v) is 11.6. The van der Waals surface area contributed by atoms with Crippen LogP contribution in [0.1, 0.15) is 17.2 Å². The van der Waals surface area contributed by atoms with Crippen LogP contribution >= 0.6 is 11.6 Å². The van der Waals surface area contributed by atoms with Gasteiger partial charge in [0.15, 0.2) is 5.76 Å². The molecule has 0 unspecified atom stereocenters. The Morgan fingerprint density at radius 2 is 1.59 bits per heavy atom. The van der Waals surface area contributed by atoms with Crippen LogP contribution in [0.5, 0.6) is 5.75 Å². The molecule has 1 aliphatic heterocycles. The van der Waals surface area contributed by atoms with Gasteiger partial charge < -0.3 is 14.7 Å². The third-order valence-electron chi connectivity index (χ3n) is 5.30. The maximum Gasteiger partial charge on any atom is 0.290 e. The van der Waals surface area contributed by atoms with E-state index in [0.29, 0.717) is 16.3 Å². The van der Waals surface area contributed by atoms with Crippen molar-refractivity contribution in [3.8, 4) is 5.75 Å². The van der Waals surface area contributed by atoms with E-state index in [1.807, 2.05) is 0 Å². The molecule has 3 aromatic carbocycles. The van der Waals surface area contributed by atoms with E-state index in [0.717, 1.165) is 5.56 Å². The van der Waals surface area contributed by atoms with Crippen LogP contribution in [0.4, 0.5) is 0 Å². The Morgan fingerprint density at radius 3 is 2.19 bits per heavy atom. The Bertz CT molecular complexity index is 1270. The summed E-state index contributed by atoms with van der Waals surface area (Å²) < 4.78 is 32.1. The Kier molecular flexibility index (Phi) is 5.95. The molecule has 1 amide bonds. The van der Waals surface area contributed by atoms with Crippen LogP contribution in [0.15, 0.2) is 94.4 Å². The number of aliphatic hydroxyl groups excluding tert-OH is 1. The summed E-state index contributed by atoms with van der Waals surface area (Å²) in [7, 11) is -2.60. The van der Waals surface area contributed by atoms with Crippen LogP contribution in [0.2, 0.25) is 5.02 Å². The Labute approximate surface area is 191 Å². The van der Waals surface area contributed by atoms with E-state index in [1.54, 1.807) is 73.8 Å². The van der Waals surface area contributed by atoms with E-state index in [2.05, 4.69) is 0 Å². The van der Waals surface area contributed by atoms with Crippen molar-refractivity contribution >= 4 is 27.3 Å². The summed E-state index contributed by atoms with van der Waals surface area (Å²) in [4.78, 5) is 14.1. The molecule has 1 heterocycles. The highest BCUT2D eigenvalue weighted by atomic mass is 35.5. The van der Waals surface area contributed by atoms with Gasteiger partial charge in [0.05, 0.1) is 18.0 Å². The molecule has 0 saturated carbocycles. The summed E-state index contributed by atoms with van der Waals surface area (Å²) >= 11 is 6.02. The van der Waals surface area contributed by atoms with Gasteiger partial charge in [-0.05, 0) is 47.5 Å². The number of methoxy groups -OCH3 is 1. The molecule has 4 rings (SSSR count). The molecule has 0 saturated heterocycles. The smallest absolute Gasteiger partial charge is 0.290 e. The number of halogens is 1. The molecule has 6 nitrogen and oxygen atoms in total. The number of nitrogens with zero attached hydrogens (tertiary/aromatic N) is 1. The standard InChI is InChI=1S/C24H20ClNO5S/c1-31-19-13-7-16(8-14-19)15-26-21(17-9-11-18(25)12-10-17)23(22(27)24(26)28)32(29,30)20-5-3-2-4-6-20/h2-14,21,27H,15H2,1H3/t21-/m0/s1. The minimum absolute atomic E-state index is 0.000360. The fraction of sp³-hybridized carbons (Fsp3) is 0.125. The van der Waals surface area contributed by atoms with Crippen molar-refractivity contribution in [1.29, 1.82) is 0 Å². The van der Waals surface area contributed by atoms with Crippen molar-refractivity contribution in [1.82, 2.24) is 4.90 Å². The van der Waals surface area contributed by atoms with E-state index in [9.17, 15) is 18.3 Å². The van der Waals surface area contributed by atoms with E-state index in [-0.39, 0.29) is 16.3 Å². The van der Waals surface area contributed by atoms with Crippen LogP contribution < -0.4 is 4.74 Å². The number of sulfone groups is 1. The van der Waals surface area contributed by atoms with Gasteiger partial charge in [0.1, 0.15) is 10.7 Å². The van der Waals surface area contributed by atoms with E-state index in [4.69, 9.17) is 16.3 Å². The molecule has 0 aliphatic carbocycles. The van der Waals surface area contributed by atoms with Gasteiger partial charge in [-0.15, -0.1) is 0 Å². The van der Waals surface area contributed by atoms with Gasteiger partial charge in [0, 0.05) is 11.6 Å². The second kappa shape index (κ2) is 8.68. The van der Waals surface area contributed by atoms with Gasteiger partial charge in [-0.2, -0.15) is 0 Å². The number of hydrogen-bond acceptors (Lipinski definition) is 5. The molecule has 0 aromatic heterocycles. The molecule has 1 N–H and O–H groups in total. The molecule has 1 atom stereocenters. The second-order valence-electron chi connectivity index (χ2n) is 7.26. The molecule has 0 bridgehead atoms. The van der Waals surface area contributed by atoms with Gasteiger partial charge in [-0.3, -0.25) is 4.79 Å². The summed E-state index contributed by atoms with van der Waals surface area (Å²) in [6, 6.07) is 20.4. The van der Waals surface area contributed by atoms with Gasteiger partial charge in [-0.25, -0.2) is 8.42 Å². The van der Waals surface area contributed by atoms with Gasteiger partial charge in [-0.1, -0.05) is 54.1 Å². The van der Waals surface area contributed by atoms with Crippen molar-refractivity contribution < 1.29 is 23.1 Å². The minimum Gasteiger partial charge on any atom is -0.502 e. The molecule has 8 heteroatoms. The lowest BCUT2D eigenvalue weighted by atomic mass is 10.1. The first-order valence-electron chi connectivity index (χ1n) is 9.75. The Balaban J connectivity index is 1.82. The fourth-order valence-electron chi connectivity index (χ4n) is 3.70. The molecule has 0 fully saturated rings. The maximum absolute atomic E-state index is 13.5. The van der Waals surface area contributed by atoms with Crippen molar-refractivity contribution in [2.75, 3.05) is 7.11 Å². The average Bonchev–Trinajstić information content (AvgIpc) is 3.06. The highest BCUT2D eigenvalue weighted by Crippen LogP contribution is 2.43.